The van der Waals surface area contributed by atoms with Gasteiger partial charge in [-0.15, -0.1) is 5.10 Å². The van der Waals surface area contributed by atoms with Gasteiger partial charge in [-0.3, -0.25) is 0 Å². The van der Waals surface area contributed by atoms with Crippen LogP contribution in [-0.4, -0.2) is 9.59 Å². The molecule has 0 aliphatic carbocycles. The van der Waals surface area contributed by atoms with Gasteiger partial charge in [-0.1, -0.05) is 28.2 Å². The highest BCUT2D eigenvalue weighted by Crippen LogP contribution is 2.23. The lowest BCUT2D eigenvalue weighted by molar-refractivity contribution is 0.403. The van der Waals surface area contributed by atoms with Crippen LogP contribution in [0.15, 0.2) is 30.5 Å². The van der Waals surface area contributed by atoms with E-state index in [-0.39, 0.29) is 5.54 Å². The van der Waals surface area contributed by atoms with E-state index in [1.54, 1.807) is 6.20 Å². The smallest absolute Gasteiger partial charge is 0.0666 e. The van der Waals surface area contributed by atoms with Crippen molar-refractivity contribution in [1.29, 1.82) is 0 Å². The van der Waals surface area contributed by atoms with Gasteiger partial charge in [-0.2, -0.15) is 0 Å². The van der Waals surface area contributed by atoms with Crippen LogP contribution in [0, 0.1) is 0 Å². The largest absolute Gasteiger partial charge is 0.303 e. The van der Waals surface area contributed by atoms with E-state index in [2.05, 4.69) is 34.8 Å². The molecule has 90 valence electrons. The van der Waals surface area contributed by atoms with Crippen molar-refractivity contribution in [3.8, 4) is 0 Å². The molecule has 2 rings (SSSR count). The predicted molar refractivity (Wildman–Crippen MR) is 71.2 cm³/mol. The molecule has 0 atom stereocenters. The molecule has 0 bridgehead atoms. The highest BCUT2D eigenvalue weighted by atomic mass is 35.5. The van der Waals surface area contributed by atoms with Gasteiger partial charge in [-0.25, -0.2) is 0 Å². The van der Waals surface area contributed by atoms with Crippen molar-refractivity contribution in [3.05, 3.63) is 45.9 Å². The van der Waals surface area contributed by atoms with Crippen LogP contribution in [0.1, 0.15) is 24.3 Å². The lowest BCUT2D eigenvalue weighted by atomic mass is 9.94. The minimum Gasteiger partial charge on any atom is -0.303 e. The molecule has 0 aliphatic heterocycles. The maximum Gasteiger partial charge on any atom is 0.0666 e. The van der Waals surface area contributed by atoms with Crippen LogP contribution < -0.4 is 5.32 Å². The monoisotopic (exact) mass is 267 g/mol. The van der Waals surface area contributed by atoms with Crippen molar-refractivity contribution < 1.29 is 0 Å². The lowest BCUT2D eigenvalue weighted by Gasteiger charge is -2.26. The van der Waals surface area contributed by atoms with Crippen LogP contribution in [-0.2, 0) is 12.1 Å². The fraction of sp³-hybridized carbons (Fsp3) is 0.333. The summed E-state index contributed by atoms with van der Waals surface area (Å²) in [6.07, 6.45) is 1.78. The maximum absolute atomic E-state index is 6.00. The Morgan fingerprint density at radius 3 is 2.88 bits per heavy atom. The van der Waals surface area contributed by atoms with Crippen LogP contribution in [0.5, 0.6) is 0 Å². The zero-order valence-electron chi connectivity index (χ0n) is 9.77. The van der Waals surface area contributed by atoms with Crippen LogP contribution in [0.4, 0.5) is 0 Å². The third kappa shape index (κ3) is 3.25. The Balaban J connectivity index is 2.08. The minimum atomic E-state index is -0.130. The average Bonchev–Trinajstić information content (AvgIpc) is 2.79. The quantitative estimate of drug-likeness (QED) is 0.924. The van der Waals surface area contributed by atoms with Gasteiger partial charge in [0.25, 0.3) is 0 Å². The van der Waals surface area contributed by atoms with Gasteiger partial charge in [0.15, 0.2) is 0 Å². The van der Waals surface area contributed by atoms with Crippen LogP contribution in [0.2, 0.25) is 5.02 Å². The number of benzene rings is 1. The second-order valence-electron chi connectivity index (χ2n) is 4.37. The molecule has 17 heavy (non-hydrogen) atoms. The molecule has 0 saturated heterocycles. The second kappa shape index (κ2) is 5.12. The summed E-state index contributed by atoms with van der Waals surface area (Å²) in [7, 11) is 0. The molecule has 0 aliphatic rings. The first-order valence-corrected chi connectivity index (χ1v) is 6.50. The van der Waals surface area contributed by atoms with Gasteiger partial charge in [0.1, 0.15) is 0 Å². The summed E-state index contributed by atoms with van der Waals surface area (Å²) in [4.78, 5) is 1.13. The molecule has 2 aromatic rings. The first kappa shape index (κ1) is 12.5. The molecule has 1 N–H and O–H groups in total. The van der Waals surface area contributed by atoms with Gasteiger partial charge in [-0.05, 0) is 43.1 Å². The van der Waals surface area contributed by atoms with Gasteiger partial charge in [0.2, 0.25) is 0 Å². The predicted octanol–water partition coefficient (Wildman–Crippen LogP) is 3.22. The Morgan fingerprint density at radius 1 is 1.41 bits per heavy atom. The fourth-order valence-corrected chi connectivity index (χ4v) is 2.17. The van der Waals surface area contributed by atoms with Gasteiger partial charge in [0, 0.05) is 17.1 Å². The Bertz CT molecular complexity index is 482. The fourth-order valence-electron chi connectivity index (χ4n) is 1.55. The standard InChI is InChI=1S/C12H14ClN3S/c1-12(2,9-4-3-5-10(13)6-9)14-7-11-8-15-16-17-11/h3-6,8,14H,7H2,1-2H3. The second-order valence-corrected chi connectivity index (χ2v) is 5.68. The molecule has 1 aromatic carbocycles. The summed E-state index contributed by atoms with van der Waals surface area (Å²) in [6.45, 7) is 5.03. The summed E-state index contributed by atoms with van der Waals surface area (Å²) in [5.41, 5.74) is 1.04. The molecule has 0 radical (unpaired) electrons. The zero-order valence-corrected chi connectivity index (χ0v) is 11.3. The molecule has 0 amide bonds. The van der Waals surface area contributed by atoms with Gasteiger partial charge >= 0.3 is 0 Å². The topological polar surface area (TPSA) is 37.8 Å². The summed E-state index contributed by atoms with van der Waals surface area (Å²) < 4.78 is 3.84. The lowest BCUT2D eigenvalue weighted by Crippen LogP contribution is -2.35. The van der Waals surface area contributed by atoms with Crippen LogP contribution in [0.25, 0.3) is 0 Å². The third-order valence-corrected chi connectivity index (χ3v) is 3.55. The molecular weight excluding hydrogens is 254 g/mol. The maximum atomic E-state index is 6.00. The van der Waals surface area contributed by atoms with Crippen molar-refractivity contribution in [3.63, 3.8) is 0 Å². The van der Waals surface area contributed by atoms with E-state index in [4.69, 9.17) is 11.6 Å². The Labute approximate surface area is 110 Å². The van der Waals surface area contributed by atoms with Crippen molar-refractivity contribution in [1.82, 2.24) is 14.9 Å². The van der Waals surface area contributed by atoms with Crippen molar-refractivity contribution in [2.75, 3.05) is 0 Å². The summed E-state index contributed by atoms with van der Waals surface area (Å²) in [5, 5.41) is 8.05. The number of hydrogen-bond acceptors (Lipinski definition) is 4. The van der Waals surface area contributed by atoms with Crippen molar-refractivity contribution in [2.24, 2.45) is 0 Å². The number of rotatable bonds is 4. The molecule has 1 heterocycles. The van der Waals surface area contributed by atoms with E-state index in [1.165, 1.54) is 17.1 Å². The highest BCUT2D eigenvalue weighted by Gasteiger charge is 2.20. The van der Waals surface area contributed by atoms with Crippen LogP contribution >= 0.6 is 23.1 Å². The molecule has 5 heteroatoms. The molecule has 0 unspecified atom stereocenters. The van der Waals surface area contributed by atoms with E-state index in [0.717, 1.165) is 16.4 Å². The van der Waals surface area contributed by atoms with Gasteiger partial charge in [0.05, 0.1) is 11.1 Å². The highest BCUT2D eigenvalue weighted by molar-refractivity contribution is 7.05. The molecule has 0 saturated carbocycles. The van der Waals surface area contributed by atoms with E-state index in [9.17, 15) is 0 Å². The third-order valence-electron chi connectivity index (χ3n) is 2.66. The Kier molecular flexibility index (Phi) is 3.76. The normalized spacial score (nSPS) is 11.7. The first-order chi connectivity index (χ1) is 8.08. The number of aromatic nitrogens is 2. The van der Waals surface area contributed by atoms with Gasteiger partial charge < -0.3 is 5.32 Å². The summed E-state index contributed by atoms with van der Waals surface area (Å²) in [6, 6.07) is 7.91. The molecule has 0 spiro atoms. The molecule has 0 fully saturated rings. The summed E-state index contributed by atoms with van der Waals surface area (Å²) >= 11 is 7.42. The molecule has 3 nitrogen and oxygen atoms in total. The number of hydrogen-bond donors (Lipinski definition) is 1. The Hall–Kier alpha value is -0.970. The number of halogens is 1. The van der Waals surface area contributed by atoms with E-state index in [1.807, 2.05) is 18.2 Å². The Morgan fingerprint density at radius 2 is 2.24 bits per heavy atom. The van der Waals surface area contributed by atoms with Crippen molar-refractivity contribution in [2.45, 2.75) is 25.9 Å². The molecule has 1 aromatic heterocycles. The first-order valence-electron chi connectivity index (χ1n) is 5.35. The number of nitrogens with zero attached hydrogens (tertiary/aromatic N) is 2. The number of nitrogens with one attached hydrogen (secondary N) is 1. The average molecular weight is 268 g/mol. The van der Waals surface area contributed by atoms with Crippen molar-refractivity contribution >= 4 is 23.1 Å². The van der Waals surface area contributed by atoms with E-state index >= 15 is 0 Å². The van der Waals surface area contributed by atoms with E-state index < -0.39 is 0 Å². The minimum absolute atomic E-state index is 0.130. The SMILES string of the molecule is CC(C)(NCc1cnns1)c1cccc(Cl)c1. The zero-order chi connectivity index (χ0) is 12.3. The molecular formula is C12H14ClN3S. The van der Waals surface area contributed by atoms with Crippen LogP contribution in [0.3, 0.4) is 0 Å². The summed E-state index contributed by atoms with van der Waals surface area (Å²) in [5.74, 6) is 0. The van der Waals surface area contributed by atoms with E-state index in [0.29, 0.717) is 0 Å².